The van der Waals surface area contributed by atoms with Gasteiger partial charge in [-0.1, -0.05) is 48.5 Å². The summed E-state index contributed by atoms with van der Waals surface area (Å²) in [5, 5.41) is 8.82. The van der Waals surface area contributed by atoms with E-state index < -0.39 is 29.7 Å². The van der Waals surface area contributed by atoms with Gasteiger partial charge in [0, 0.05) is 18.7 Å². The third-order valence-electron chi connectivity index (χ3n) is 4.65. The summed E-state index contributed by atoms with van der Waals surface area (Å²) in [7, 11) is 0. The molecule has 7 nitrogen and oxygen atoms in total. The maximum atomic E-state index is 13.0. The zero-order valence-electron chi connectivity index (χ0n) is 15.6. The Bertz CT molecular complexity index is 940. The van der Waals surface area contributed by atoms with Gasteiger partial charge < -0.3 is 10.0 Å². The fraction of sp³-hybridized carbons (Fsp3) is 0.182. The highest BCUT2D eigenvalue weighted by Gasteiger charge is 2.43. The number of amides is 3. The molecule has 29 heavy (non-hydrogen) atoms. The van der Waals surface area contributed by atoms with Gasteiger partial charge >= 0.3 is 5.97 Å². The smallest absolute Gasteiger partial charge is 0.328 e. The molecule has 0 saturated carbocycles. The predicted molar refractivity (Wildman–Crippen MR) is 106 cm³/mol. The first kappa shape index (κ1) is 20.0. The number of carbonyl (C=O) groups is 4. The van der Waals surface area contributed by atoms with Crippen molar-refractivity contribution in [2.45, 2.75) is 18.9 Å². The van der Waals surface area contributed by atoms with E-state index in [4.69, 9.17) is 5.11 Å². The molecule has 2 aromatic rings. The number of anilines is 1. The summed E-state index contributed by atoms with van der Waals surface area (Å²) in [6.07, 6.45) is 1.97. The highest BCUT2D eigenvalue weighted by molar-refractivity contribution is 6.23. The lowest BCUT2D eigenvalue weighted by molar-refractivity contribution is -0.135. The topological polar surface area (TPSA) is 95.0 Å². The van der Waals surface area contributed by atoms with Crippen LogP contribution in [0.2, 0.25) is 0 Å². The Hall–Kier alpha value is -3.74. The van der Waals surface area contributed by atoms with E-state index in [2.05, 4.69) is 0 Å². The van der Waals surface area contributed by atoms with Crippen molar-refractivity contribution in [1.82, 2.24) is 4.90 Å². The van der Waals surface area contributed by atoms with E-state index in [1.54, 1.807) is 30.3 Å². The molecule has 1 saturated heterocycles. The van der Waals surface area contributed by atoms with E-state index in [-0.39, 0.29) is 13.0 Å². The molecule has 1 aliphatic rings. The molecular formula is C22H20N2O5. The first-order valence-electron chi connectivity index (χ1n) is 9.15. The van der Waals surface area contributed by atoms with Crippen LogP contribution in [0.4, 0.5) is 5.69 Å². The SMILES string of the molecule is O=C(O)/C=C/C(=O)N(CCc1ccccc1)[C@H]1CC(=O)N(c2ccccc2)C1=O. The fourth-order valence-electron chi connectivity index (χ4n) is 3.26. The zero-order valence-corrected chi connectivity index (χ0v) is 15.6. The quantitative estimate of drug-likeness (QED) is 0.575. The van der Waals surface area contributed by atoms with Gasteiger partial charge in [0.2, 0.25) is 11.8 Å². The number of imide groups is 1. The van der Waals surface area contributed by atoms with E-state index in [9.17, 15) is 19.2 Å². The summed E-state index contributed by atoms with van der Waals surface area (Å²) >= 11 is 0. The number of carboxylic acids is 1. The van der Waals surface area contributed by atoms with Crippen LogP contribution in [-0.4, -0.2) is 46.3 Å². The molecule has 1 heterocycles. The number of carboxylic acid groups (broad SMARTS) is 1. The Morgan fingerprint density at radius 1 is 1.00 bits per heavy atom. The predicted octanol–water partition coefficient (Wildman–Crippen LogP) is 2.03. The van der Waals surface area contributed by atoms with E-state index >= 15 is 0 Å². The molecule has 0 unspecified atom stereocenters. The molecule has 3 amide bonds. The Balaban J connectivity index is 1.84. The fourth-order valence-corrected chi connectivity index (χ4v) is 3.26. The summed E-state index contributed by atoms with van der Waals surface area (Å²) < 4.78 is 0. The van der Waals surface area contributed by atoms with Gasteiger partial charge in [0.15, 0.2) is 0 Å². The van der Waals surface area contributed by atoms with Crippen LogP contribution < -0.4 is 4.90 Å². The van der Waals surface area contributed by atoms with E-state index in [1.165, 1.54) is 4.90 Å². The summed E-state index contributed by atoms with van der Waals surface area (Å²) in [4.78, 5) is 51.3. The van der Waals surface area contributed by atoms with Gasteiger partial charge in [0.1, 0.15) is 6.04 Å². The number of para-hydroxylation sites is 1. The largest absolute Gasteiger partial charge is 0.478 e. The third kappa shape index (κ3) is 4.76. The van der Waals surface area contributed by atoms with Crippen LogP contribution in [0.25, 0.3) is 0 Å². The van der Waals surface area contributed by atoms with Gasteiger partial charge in [-0.3, -0.25) is 14.4 Å². The second kappa shape index (κ2) is 8.97. The molecule has 0 radical (unpaired) electrons. The van der Waals surface area contributed by atoms with Crippen molar-refractivity contribution in [3.05, 3.63) is 78.4 Å². The van der Waals surface area contributed by atoms with Crippen molar-refractivity contribution >= 4 is 29.4 Å². The maximum Gasteiger partial charge on any atom is 0.328 e. The lowest BCUT2D eigenvalue weighted by atomic mass is 10.1. The van der Waals surface area contributed by atoms with Crippen LogP contribution in [0.3, 0.4) is 0 Å². The van der Waals surface area contributed by atoms with Gasteiger partial charge in [-0.2, -0.15) is 0 Å². The molecule has 148 valence electrons. The van der Waals surface area contributed by atoms with Crippen LogP contribution in [-0.2, 0) is 25.6 Å². The number of rotatable bonds is 7. The number of nitrogens with zero attached hydrogens (tertiary/aromatic N) is 2. The normalized spacial score (nSPS) is 16.4. The molecular weight excluding hydrogens is 372 g/mol. The number of hydrogen-bond donors (Lipinski definition) is 1. The molecule has 0 bridgehead atoms. The van der Waals surface area contributed by atoms with Crippen molar-refractivity contribution in [3.8, 4) is 0 Å². The number of carbonyl (C=O) groups excluding carboxylic acids is 3. The minimum atomic E-state index is -1.26. The molecule has 0 spiro atoms. The van der Waals surface area contributed by atoms with Gasteiger partial charge in [-0.25, -0.2) is 9.69 Å². The maximum absolute atomic E-state index is 13.0. The van der Waals surface area contributed by atoms with Crippen molar-refractivity contribution in [2.75, 3.05) is 11.4 Å². The highest BCUT2D eigenvalue weighted by Crippen LogP contribution is 2.26. The molecule has 7 heteroatoms. The lowest BCUT2D eigenvalue weighted by Gasteiger charge is -2.26. The first-order valence-corrected chi connectivity index (χ1v) is 9.15. The van der Waals surface area contributed by atoms with Gasteiger partial charge in [0.25, 0.3) is 5.91 Å². The average molecular weight is 392 g/mol. The Labute approximate surface area is 167 Å². The number of aliphatic carboxylic acids is 1. The van der Waals surface area contributed by atoms with Crippen molar-refractivity contribution < 1.29 is 24.3 Å². The highest BCUT2D eigenvalue weighted by atomic mass is 16.4. The molecule has 0 aromatic heterocycles. The average Bonchev–Trinajstić information content (AvgIpc) is 3.02. The Morgan fingerprint density at radius 3 is 2.24 bits per heavy atom. The lowest BCUT2D eigenvalue weighted by Crippen LogP contribution is -2.45. The van der Waals surface area contributed by atoms with Crippen molar-refractivity contribution in [1.29, 1.82) is 0 Å². The molecule has 0 aliphatic carbocycles. The number of hydrogen-bond acceptors (Lipinski definition) is 4. The summed E-state index contributed by atoms with van der Waals surface area (Å²) in [6.45, 7) is 0.180. The Kier molecular flexibility index (Phi) is 6.19. The monoisotopic (exact) mass is 392 g/mol. The molecule has 3 rings (SSSR count). The summed E-state index contributed by atoms with van der Waals surface area (Å²) in [6, 6.07) is 16.9. The van der Waals surface area contributed by atoms with Crippen molar-refractivity contribution in [2.24, 2.45) is 0 Å². The minimum absolute atomic E-state index is 0.144. The molecule has 1 aliphatic heterocycles. The second-order valence-corrected chi connectivity index (χ2v) is 6.56. The standard InChI is InChI=1S/C22H20N2O5/c25-19(11-12-21(27)28)23(14-13-16-7-3-1-4-8-16)18-15-20(26)24(22(18)29)17-9-5-2-6-10-17/h1-12,18H,13-15H2,(H,27,28)/b12-11+/t18-/m0/s1. The number of benzene rings is 2. The van der Waals surface area contributed by atoms with Gasteiger partial charge in [-0.15, -0.1) is 0 Å². The third-order valence-corrected chi connectivity index (χ3v) is 4.65. The molecule has 1 fully saturated rings. The minimum Gasteiger partial charge on any atom is -0.478 e. The molecule has 1 atom stereocenters. The molecule has 2 aromatic carbocycles. The Morgan fingerprint density at radius 2 is 1.62 bits per heavy atom. The van der Waals surface area contributed by atoms with Crippen LogP contribution >= 0.6 is 0 Å². The zero-order chi connectivity index (χ0) is 20.8. The van der Waals surface area contributed by atoms with E-state index in [0.717, 1.165) is 22.6 Å². The summed E-state index contributed by atoms with van der Waals surface area (Å²) in [5.41, 5.74) is 1.41. The van der Waals surface area contributed by atoms with Crippen LogP contribution in [0.5, 0.6) is 0 Å². The van der Waals surface area contributed by atoms with E-state index in [0.29, 0.717) is 12.1 Å². The van der Waals surface area contributed by atoms with Crippen LogP contribution in [0.1, 0.15) is 12.0 Å². The van der Waals surface area contributed by atoms with Crippen LogP contribution in [0, 0.1) is 0 Å². The van der Waals surface area contributed by atoms with E-state index in [1.807, 2.05) is 30.3 Å². The van der Waals surface area contributed by atoms with Crippen LogP contribution in [0.15, 0.2) is 72.8 Å². The molecule has 1 N–H and O–H groups in total. The second-order valence-electron chi connectivity index (χ2n) is 6.56. The van der Waals surface area contributed by atoms with Crippen molar-refractivity contribution in [3.63, 3.8) is 0 Å². The van der Waals surface area contributed by atoms with Gasteiger partial charge in [-0.05, 0) is 24.1 Å². The summed E-state index contributed by atoms with van der Waals surface area (Å²) in [5.74, 6) is -2.78. The first-order chi connectivity index (χ1) is 14.0. The van der Waals surface area contributed by atoms with Gasteiger partial charge in [0.05, 0.1) is 12.1 Å².